The number of rotatable bonds is 5. The number of carboxylic acid groups (broad SMARTS) is 1. The second kappa shape index (κ2) is 5.83. The average molecular weight is 242 g/mol. The summed E-state index contributed by atoms with van der Waals surface area (Å²) in [6, 6.07) is -0.743. The van der Waals surface area contributed by atoms with Crippen LogP contribution < -0.4 is 5.73 Å². The summed E-state index contributed by atoms with van der Waals surface area (Å²) in [7, 11) is 0. The number of piperidine rings is 1. The van der Waals surface area contributed by atoms with Crippen molar-refractivity contribution in [2.45, 2.75) is 46.1 Å². The van der Waals surface area contributed by atoms with Gasteiger partial charge in [-0.3, -0.25) is 4.79 Å². The molecule has 0 bridgehead atoms. The minimum absolute atomic E-state index is 0.0329. The van der Waals surface area contributed by atoms with Crippen molar-refractivity contribution in [3.63, 3.8) is 0 Å². The molecule has 17 heavy (non-hydrogen) atoms. The molecule has 0 aromatic rings. The van der Waals surface area contributed by atoms with E-state index in [1.807, 2.05) is 0 Å². The number of nitrogens with zero attached hydrogens (tertiary/aromatic N) is 1. The lowest BCUT2D eigenvalue weighted by atomic mass is 9.84. The Morgan fingerprint density at radius 2 is 2.24 bits per heavy atom. The topological polar surface area (TPSA) is 66.6 Å². The third kappa shape index (κ3) is 5.04. The second-order valence-electron chi connectivity index (χ2n) is 6.30. The fourth-order valence-electron chi connectivity index (χ4n) is 2.78. The van der Waals surface area contributed by atoms with E-state index in [2.05, 4.69) is 25.7 Å². The first-order valence-electron chi connectivity index (χ1n) is 6.51. The summed E-state index contributed by atoms with van der Waals surface area (Å²) in [6.45, 7) is 9.70. The molecule has 1 saturated heterocycles. The molecule has 1 fully saturated rings. The summed E-state index contributed by atoms with van der Waals surface area (Å²) in [5, 5.41) is 8.85. The van der Waals surface area contributed by atoms with Crippen LogP contribution in [0.5, 0.6) is 0 Å². The highest BCUT2D eigenvalue weighted by Gasteiger charge is 2.28. The molecule has 2 atom stereocenters. The maximum atomic E-state index is 10.8. The van der Waals surface area contributed by atoms with Crippen molar-refractivity contribution in [3.05, 3.63) is 0 Å². The van der Waals surface area contributed by atoms with Crippen molar-refractivity contribution in [1.82, 2.24) is 4.90 Å². The van der Waals surface area contributed by atoms with E-state index in [4.69, 9.17) is 10.8 Å². The zero-order valence-corrected chi connectivity index (χ0v) is 11.3. The van der Waals surface area contributed by atoms with Crippen LogP contribution in [0.15, 0.2) is 0 Å². The van der Waals surface area contributed by atoms with Crippen molar-refractivity contribution in [1.29, 1.82) is 0 Å². The van der Waals surface area contributed by atoms with Crippen LogP contribution in [0.4, 0.5) is 0 Å². The van der Waals surface area contributed by atoms with Crippen molar-refractivity contribution < 1.29 is 9.90 Å². The van der Waals surface area contributed by atoms with Gasteiger partial charge in [-0.15, -0.1) is 0 Å². The number of hydrogen-bond donors (Lipinski definition) is 2. The van der Waals surface area contributed by atoms with E-state index in [-0.39, 0.29) is 5.41 Å². The predicted molar refractivity (Wildman–Crippen MR) is 68.8 cm³/mol. The van der Waals surface area contributed by atoms with Gasteiger partial charge in [0.15, 0.2) is 0 Å². The fourth-order valence-corrected chi connectivity index (χ4v) is 2.78. The molecule has 1 aliphatic heterocycles. The average Bonchev–Trinajstić information content (AvgIpc) is 2.15. The number of hydrogen-bond acceptors (Lipinski definition) is 3. The lowest BCUT2D eigenvalue weighted by Crippen LogP contribution is -2.44. The Bertz CT molecular complexity index is 266. The van der Waals surface area contributed by atoms with Gasteiger partial charge in [-0.1, -0.05) is 20.8 Å². The molecule has 0 aliphatic carbocycles. The highest BCUT2D eigenvalue weighted by atomic mass is 16.4. The predicted octanol–water partition coefficient (Wildman–Crippen LogP) is 1.55. The molecule has 4 nitrogen and oxygen atoms in total. The van der Waals surface area contributed by atoms with Crippen LogP contribution in [0.25, 0.3) is 0 Å². The van der Waals surface area contributed by atoms with Gasteiger partial charge in [-0.05, 0) is 37.1 Å². The van der Waals surface area contributed by atoms with Gasteiger partial charge in [0, 0.05) is 13.1 Å². The number of carbonyl (C=O) groups is 1. The first-order chi connectivity index (χ1) is 7.80. The summed E-state index contributed by atoms with van der Waals surface area (Å²) in [4.78, 5) is 13.2. The first-order valence-corrected chi connectivity index (χ1v) is 6.51. The molecule has 0 aromatic heterocycles. The SMILES string of the molecule is CC1CCCN(CC(C)(C)CC(N)C(=O)O)C1. The smallest absolute Gasteiger partial charge is 0.320 e. The molecule has 0 spiro atoms. The number of likely N-dealkylation sites (tertiary alicyclic amines) is 1. The maximum absolute atomic E-state index is 10.8. The number of aliphatic carboxylic acids is 1. The van der Waals surface area contributed by atoms with Crippen molar-refractivity contribution in [2.24, 2.45) is 17.1 Å². The highest BCUT2D eigenvalue weighted by molar-refractivity contribution is 5.73. The maximum Gasteiger partial charge on any atom is 0.320 e. The molecule has 0 aromatic carbocycles. The molecular weight excluding hydrogens is 216 g/mol. The molecular formula is C13H26N2O2. The number of nitrogens with two attached hydrogens (primary N) is 1. The summed E-state index contributed by atoms with van der Waals surface area (Å²) in [5.41, 5.74) is 5.58. The molecule has 1 heterocycles. The zero-order chi connectivity index (χ0) is 13.1. The lowest BCUT2D eigenvalue weighted by molar-refractivity contribution is -0.139. The summed E-state index contributed by atoms with van der Waals surface area (Å²) >= 11 is 0. The normalized spacial score (nSPS) is 24.6. The second-order valence-corrected chi connectivity index (χ2v) is 6.30. The zero-order valence-electron chi connectivity index (χ0n) is 11.3. The van der Waals surface area contributed by atoms with Crippen molar-refractivity contribution in [3.8, 4) is 0 Å². The molecule has 3 N–H and O–H groups in total. The first kappa shape index (κ1) is 14.5. The van der Waals surface area contributed by atoms with E-state index in [0.717, 1.165) is 25.6 Å². The third-order valence-corrected chi connectivity index (χ3v) is 3.48. The summed E-state index contributed by atoms with van der Waals surface area (Å²) in [6.07, 6.45) is 3.10. The minimum Gasteiger partial charge on any atom is -0.480 e. The van der Waals surface area contributed by atoms with E-state index in [9.17, 15) is 4.79 Å². The van der Waals surface area contributed by atoms with Crippen LogP contribution in [-0.2, 0) is 4.79 Å². The monoisotopic (exact) mass is 242 g/mol. The van der Waals surface area contributed by atoms with Gasteiger partial charge in [0.25, 0.3) is 0 Å². The van der Waals surface area contributed by atoms with Gasteiger partial charge < -0.3 is 15.7 Å². The quantitative estimate of drug-likeness (QED) is 0.767. The van der Waals surface area contributed by atoms with Crippen molar-refractivity contribution >= 4 is 5.97 Å². The molecule has 2 unspecified atom stereocenters. The molecule has 4 heteroatoms. The van der Waals surface area contributed by atoms with E-state index >= 15 is 0 Å². The van der Waals surface area contributed by atoms with Crippen LogP contribution in [0.2, 0.25) is 0 Å². The molecule has 1 aliphatic rings. The molecule has 0 saturated carbocycles. The van der Waals surface area contributed by atoms with Crippen LogP contribution in [0.1, 0.15) is 40.0 Å². The van der Waals surface area contributed by atoms with Gasteiger partial charge in [0.2, 0.25) is 0 Å². The Balaban J connectivity index is 2.44. The Kier molecular flexibility index (Phi) is 4.95. The van der Waals surface area contributed by atoms with E-state index in [1.54, 1.807) is 0 Å². The van der Waals surface area contributed by atoms with Gasteiger partial charge in [-0.25, -0.2) is 0 Å². The molecule has 1 rings (SSSR count). The van der Waals surface area contributed by atoms with E-state index in [1.165, 1.54) is 12.8 Å². The Hall–Kier alpha value is -0.610. The Labute approximate surface area is 104 Å². The van der Waals surface area contributed by atoms with E-state index in [0.29, 0.717) is 6.42 Å². The highest BCUT2D eigenvalue weighted by Crippen LogP contribution is 2.26. The Morgan fingerprint density at radius 1 is 1.59 bits per heavy atom. The summed E-state index contributed by atoms with van der Waals surface area (Å²) in [5.74, 6) is -0.141. The Morgan fingerprint density at radius 3 is 2.76 bits per heavy atom. The van der Waals surface area contributed by atoms with Crippen LogP contribution in [0.3, 0.4) is 0 Å². The van der Waals surface area contributed by atoms with Gasteiger partial charge >= 0.3 is 5.97 Å². The fraction of sp³-hybridized carbons (Fsp3) is 0.923. The van der Waals surface area contributed by atoms with Crippen LogP contribution in [0, 0.1) is 11.3 Å². The summed E-state index contributed by atoms with van der Waals surface area (Å²) < 4.78 is 0. The molecule has 0 radical (unpaired) electrons. The minimum atomic E-state index is -0.898. The number of carboxylic acids is 1. The van der Waals surface area contributed by atoms with Gasteiger partial charge in [-0.2, -0.15) is 0 Å². The standard InChI is InChI=1S/C13H26N2O2/c1-10-5-4-6-15(8-10)9-13(2,3)7-11(14)12(16)17/h10-11H,4-9,14H2,1-3H3,(H,16,17). The van der Waals surface area contributed by atoms with Crippen LogP contribution >= 0.6 is 0 Å². The third-order valence-electron chi connectivity index (χ3n) is 3.48. The molecule has 0 amide bonds. The lowest BCUT2D eigenvalue weighted by Gasteiger charge is -2.37. The van der Waals surface area contributed by atoms with Gasteiger partial charge in [0.1, 0.15) is 6.04 Å². The largest absolute Gasteiger partial charge is 0.480 e. The molecule has 100 valence electrons. The van der Waals surface area contributed by atoms with Gasteiger partial charge in [0.05, 0.1) is 0 Å². The van der Waals surface area contributed by atoms with E-state index < -0.39 is 12.0 Å². The van der Waals surface area contributed by atoms with Crippen molar-refractivity contribution in [2.75, 3.05) is 19.6 Å². The van der Waals surface area contributed by atoms with Crippen LogP contribution in [-0.4, -0.2) is 41.7 Å².